The Morgan fingerprint density at radius 3 is 2.94 bits per heavy atom. The Balaban J connectivity index is 1.75. The highest BCUT2D eigenvalue weighted by molar-refractivity contribution is 6.30. The van der Waals surface area contributed by atoms with Crippen molar-refractivity contribution in [3.8, 4) is 0 Å². The normalized spacial score (nSPS) is 19.7. The molecule has 0 radical (unpaired) electrons. The molecule has 0 aliphatic carbocycles. The van der Waals surface area contributed by atoms with Crippen LogP contribution in [0.25, 0.3) is 0 Å². The summed E-state index contributed by atoms with van der Waals surface area (Å²) in [6.45, 7) is 9.27. The predicted molar refractivity (Wildman–Crippen MR) is 79.4 cm³/mol. The lowest BCUT2D eigenvalue weighted by Crippen LogP contribution is -2.42. The quantitative estimate of drug-likeness (QED) is 0.890. The molecule has 1 aliphatic heterocycles. The number of anilines is 1. The molecule has 0 unspecified atom stereocenters. The number of nitrogens with zero attached hydrogens (tertiary/aromatic N) is 1. The first-order chi connectivity index (χ1) is 8.55. The summed E-state index contributed by atoms with van der Waals surface area (Å²) in [5, 5.41) is 4.22. The van der Waals surface area contributed by atoms with Gasteiger partial charge in [-0.15, -0.1) is 0 Å². The second-order valence-corrected chi connectivity index (χ2v) is 6.42. The molecule has 1 saturated heterocycles. The Morgan fingerprint density at radius 2 is 2.22 bits per heavy atom. The Labute approximate surface area is 115 Å². The van der Waals surface area contributed by atoms with Crippen molar-refractivity contribution in [3.05, 3.63) is 29.3 Å². The minimum Gasteiger partial charge on any atom is -0.384 e. The lowest BCUT2D eigenvalue weighted by atomic mass is 9.84. The Morgan fingerprint density at radius 1 is 1.39 bits per heavy atom. The highest BCUT2D eigenvalue weighted by atomic mass is 35.5. The maximum atomic E-state index is 5.96. The number of halogens is 1. The number of piperidine rings is 1. The molecule has 0 spiro atoms. The van der Waals surface area contributed by atoms with Crippen LogP contribution in [0.15, 0.2) is 24.3 Å². The van der Waals surface area contributed by atoms with E-state index in [-0.39, 0.29) is 0 Å². The maximum absolute atomic E-state index is 5.96. The van der Waals surface area contributed by atoms with Crippen LogP contribution in [-0.2, 0) is 0 Å². The molecule has 0 amide bonds. The summed E-state index contributed by atoms with van der Waals surface area (Å²) >= 11 is 5.96. The number of hydrogen-bond donors (Lipinski definition) is 1. The fourth-order valence-corrected chi connectivity index (χ4v) is 2.88. The van der Waals surface area contributed by atoms with Crippen molar-refractivity contribution < 1.29 is 0 Å². The number of rotatable bonds is 4. The Bertz CT molecular complexity index is 390. The molecule has 100 valence electrons. The van der Waals surface area contributed by atoms with Gasteiger partial charge in [0.25, 0.3) is 0 Å². The van der Waals surface area contributed by atoms with Crippen LogP contribution in [0, 0.1) is 5.41 Å². The molecule has 18 heavy (non-hydrogen) atoms. The minimum absolute atomic E-state index is 0.480. The van der Waals surface area contributed by atoms with Gasteiger partial charge in [-0.05, 0) is 43.0 Å². The van der Waals surface area contributed by atoms with E-state index in [1.165, 1.54) is 25.9 Å². The summed E-state index contributed by atoms with van der Waals surface area (Å²) in [7, 11) is 0. The zero-order valence-electron chi connectivity index (χ0n) is 11.4. The molecular formula is C15H23ClN2. The molecule has 1 aromatic carbocycles. The van der Waals surface area contributed by atoms with Gasteiger partial charge in [-0.25, -0.2) is 0 Å². The molecule has 2 nitrogen and oxygen atoms in total. The van der Waals surface area contributed by atoms with Gasteiger partial charge in [0.15, 0.2) is 0 Å². The number of likely N-dealkylation sites (tertiary alicyclic amines) is 1. The fraction of sp³-hybridized carbons (Fsp3) is 0.600. The highest BCUT2D eigenvalue weighted by Gasteiger charge is 2.25. The van der Waals surface area contributed by atoms with Crippen molar-refractivity contribution in [3.63, 3.8) is 0 Å². The van der Waals surface area contributed by atoms with E-state index in [4.69, 9.17) is 11.6 Å². The van der Waals surface area contributed by atoms with Gasteiger partial charge >= 0.3 is 0 Å². The number of hydrogen-bond acceptors (Lipinski definition) is 2. The molecule has 3 heteroatoms. The van der Waals surface area contributed by atoms with Gasteiger partial charge in [-0.3, -0.25) is 0 Å². The van der Waals surface area contributed by atoms with Gasteiger partial charge in [0.1, 0.15) is 0 Å². The van der Waals surface area contributed by atoms with Crippen molar-refractivity contribution in [2.24, 2.45) is 5.41 Å². The first-order valence-corrected chi connectivity index (χ1v) is 7.15. The van der Waals surface area contributed by atoms with Crippen LogP contribution in [0.3, 0.4) is 0 Å². The first-order valence-electron chi connectivity index (χ1n) is 6.77. The smallest absolute Gasteiger partial charge is 0.0426 e. The van der Waals surface area contributed by atoms with E-state index in [9.17, 15) is 0 Å². The van der Waals surface area contributed by atoms with Gasteiger partial charge in [0.05, 0.1) is 0 Å². The fourth-order valence-electron chi connectivity index (χ4n) is 2.69. The van der Waals surface area contributed by atoms with Crippen molar-refractivity contribution in [2.75, 3.05) is 31.5 Å². The van der Waals surface area contributed by atoms with Crippen LogP contribution < -0.4 is 5.32 Å². The third kappa shape index (κ3) is 4.18. The van der Waals surface area contributed by atoms with Crippen LogP contribution >= 0.6 is 11.6 Å². The van der Waals surface area contributed by atoms with E-state index in [0.29, 0.717) is 5.41 Å². The lowest BCUT2D eigenvalue weighted by Gasteiger charge is -2.38. The zero-order valence-corrected chi connectivity index (χ0v) is 12.1. The Kier molecular flexibility index (Phi) is 4.52. The van der Waals surface area contributed by atoms with E-state index in [1.807, 2.05) is 18.2 Å². The molecule has 1 heterocycles. The molecule has 1 aromatic rings. The van der Waals surface area contributed by atoms with Gasteiger partial charge in [-0.2, -0.15) is 0 Å². The summed E-state index contributed by atoms with van der Waals surface area (Å²) in [6, 6.07) is 7.92. The summed E-state index contributed by atoms with van der Waals surface area (Å²) in [5.74, 6) is 0. The molecule has 0 aromatic heterocycles. The van der Waals surface area contributed by atoms with Crippen molar-refractivity contribution in [1.29, 1.82) is 0 Å². The first kappa shape index (κ1) is 13.7. The van der Waals surface area contributed by atoms with Gasteiger partial charge in [0, 0.05) is 30.3 Å². The average Bonchev–Trinajstić information content (AvgIpc) is 2.28. The second-order valence-electron chi connectivity index (χ2n) is 5.98. The zero-order chi connectivity index (χ0) is 13.0. The van der Waals surface area contributed by atoms with E-state index in [0.717, 1.165) is 23.8 Å². The van der Waals surface area contributed by atoms with Crippen LogP contribution in [0.1, 0.15) is 26.7 Å². The van der Waals surface area contributed by atoms with Crippen LogP contribution in [0.4, 0.5) is 5.69 Å². The van der Waals surface area contributed by atoms with Crippen LogP contribution in [0.5, 0.6) is 0 Å². The number of benzene rings is 1. The molecule has 1 fully saturated rings. The maximum Gasteiger partial charge on any atom is 0.0426 e. The largest absolute Gasteiger partial charge is 0.384 e. The standard InChI is InChI=1S/C15H23ClN2/c1-15(2)7-4-9-18(12-15)10-8-17-14-6-3-5-13(16)11-14/h3,5-6,11,17H,4,7-10,12H2,1-2H3. The lowest BCUT2D eigenvalue weighted by molar-refractivity contribution is 0.122. The molecule has 0 bridgehead atoms. The van der Waals surface area contributed by atoms with Crippen molar-refractivity contribution in [2.45, 2.75) is 26.7 Å². The summed E-state index contributed by atoms with van der Waals surface area (Å²) in [6.07, 6.45) is 2.68. The van der Waals surface area contributed by atoms with Gasteiger partial charge in [0.2, 0.25) is 0 Å². The predicted octanol–water partition coefficient (Wildman–Crippen LogP) is 3.87. The van der Waals surface area contributed by atoms with E-state index in [1.54, 1.807) is 0 Å². The van der Waals surface area contributed by atoms with Crippen molar-refractivity contribution >= 4 is 17.3 Å². The second kappa shape index (κ2) is 5.94. The monoisotopic (exact) mass is 266 g/mol. The SMILES string of the molecule is CC1(C)CCCN(CCNc2cccc(Cl)c2)C1. The third-order valence-corrected chi connectivity index (χ3v) is 3.80. The summed E-state index contributed by atoms with van der Waals surface area (Å²) in [4.78, 5) is 2.56. The molecular weight excluding hydrogens is 244 g/mol. The molecule has 2 rings (SSSR count). The van der Waals surface area contributed by atoms with E-state index in [2.05, 4.69) is 30.1 Å². The van der Waals surface area contributed by atoms with E-state index >= 15 is 0 Å². The van der Waals surface area contributed by atoms with Crippen LogP contribution in [-0.4, -0.2) is 31.1 Å². The van der Waals surface area contributed by atoms with Crippen LogP contribution in [0.2, 0.25) is 5.02 Å². The molecule has 0 saturated carbocycles. The molecule has 1 aliphatic rings. The third-order valence-electron chi connectivity index (χ3n) is 3.56. The summed E-state index contributed by atoms with van der Waals surface area (Å²) < 4.78 is 0. The molecule has 1 N–H and O–H groups in total. The summed E-state index contributed by atoms with van der Waals surface area (Å²) in [5.41, 5.74) is 1.59. The number of nitrogens with one attached hydrogen (secondary N) is 1. The van der Waals surface area contributed by atoms with Gasteiger partial charge in [-0.1, -0.05) is 31.5 Å². The van der Waals surface area contributed by atoms with Crippen molar-refractivity contribution in [1.82, 2.24) is 4.90 Å². The highest BCUT2D eigenvalue weighted by Crippen LogP contribution is 2.28. The Hall–Kier alpha value is -0.730. The molecule has 0 atom stereocenters. The minimum atomic E-state index is 0.480. The van der Waals surface area contributed by atoms with Gasteiger partial charge < -0.3 is 10.2 Å². The average molecular weight is 267 g/mol. The van der Waals surface area contributed by atoms with E-state index < -0.39 is 0 Å². The topological polar surface area (TPSA) is 15.3 Å².